The molecule has 0 aliphatic rings. The zero-order valence-corrected chi connectivity index (χ0v) is 11.8. The van der Waals surface area contributed by atoms with E-state index in [2.05, 4.69) is 16.9 Å². The van der Waals surface area contributed by atoms with E-state index in [1.165, 1.54) is 0 Å². The lowest BCUT2D eigenvalue weighted by molar-refractivity contribution is -0.111. The van der Waals surface area contributed by atoms with Crippen LogP contribution in [0.25, 0.3) is 0 Å². The molecule has 0 radical (unpaired) electrons. The minimum absolute atomic E-state index is 0.229. The van der Waals surface area contributed by atoms with Crippen LogP contribution < -0.4 is 10.1 Å². The molecule has 0 spiro atoms. The lowest BCUT2D eigenvalue weighted by Crippen LogP contribution is -2.08. The zero-order valence-electron chi connectivity index (χ0n) is 10.3. The van der Waals surface area contributed by atoms with Crippen molar-refractivity contribution in [2.24, 2.45) is 0 Å². The minimum atomic E-state index is -0.356. The average molecular weight is 309 g/mol. The highest BCUT2D eigenvalue weighted by Gasteiger charge is 2.10. The van der Waals surface area contributed by atoms with E-state index in [-0.39, 0.29) is 11.8 Å². The van der Waals surface area contributed by atoms with Crippen molar-refractivity contribution in [2.75, 3.05) is 5.32 Å². The Morgan fingerprint density at radius 3 is 2.85 bits per heavy atom. The molecular weight excluding hydrogens is 299 g/mol. The van der Waals surface area contributed by atoms with Gasteiger partial charge in [-0.15, -0.1) is 0 Å². The molecule has 0 bridgehead atoms. The first kappa shape index (κ1) is 14.4. The molecule has 1 aromatic carbocycles. The van der Waals surface area contributed by atoms with E-state index in [0.29, 0.717) is 21.5 Å². The quantitative estimate of drug-likeness (QED) is 0.856. The average Bonchev–Trinajstić information content (AvgIpc) is 2.43. The molecule has 1 heterocycles. The number of aromatic nitrogens is 1. The molecule has 102 valence electrons. The van der Waals surface area contributed by atoms with Gasteiger partial charge in [0.05, 0.1) is 5.02 Å². The number of anilines is 1. The number of benzene rings is 1. The number of halogens is 2. The first-order valence-corrected chi connectivity index (χ1v) is 6.37. The van der Waals surface area contributed by atoms with E-state index in [4.69, 9.17) is 27.9 Å². The van der Waals surface area contributed by atoms with Gasteiger partial charge in [-0.1, -0.05) is 29.8 Å². The molecule has 2 rings (SSSR count). The summed E-state index contributed by atoms with van der Waals surface area (Å²) < 4.78 is 5.59. The van der Waals surface area contributed by atoms with Gasteiger partial charge in [-0.25, -0.2) is 4.98 Å². The van der Waals surface area contributed by atoms with E-state index < -0.39 is 0 Å². The highest BCUT2D eigenvalue weighted by molar-refractivity contribution is 6.35. The van der Waals surface area contributed by atoms with Crippen LogP contribution in [0.2, 0.25) is 10.0 Å². The third kappa shape index (κ3) is 3.50. The first-order chi connectivity index (χ1) is 9.60. The van der Waals surface area contributed by atoms with Gasteiger partial charge in [0, 0.05) is 11.2 Å². The van der Waals surface area contributed by atoms with Crippen LogP contribution in [-0.2, 0) is 4.79 Å². The summed E-state index contributed by atoms with van der Waals surface area (Å²) in [5.41, 5.74) is 0.420. The first-order valence-electron chi connectivity index (χ1n) is 5.61. The van der Waals surface area contributed by atoms with Gasteiger partial charge in [0.25, 0.3) is 0 Å². The number of ether oxygens (including phenoxy) is 1. The van der Waals surface area contributed by atoms with Crippen LogP contribution in [0.5, 0.6) is 11.6 Å². The summed E-state index contributed by atoms with van der Waals surface area (Å²) in [6, 6.07) is 8.16. The highest BCUT2D eigenvalue weighted by Crippen LogP contribution is 2.33. The van der Waals surface area contributed by atoms with E-state index in [9.17, 15) is 4.79 Å². The third-order valence-electron chi connectivity index (χ3n) is 2.31. The van der Waals surface area contributed by atoms with E-state index >= 15 is 0 Å². The minimum Gasteiger partial charge on any atom is -0.435 e. The van der Waals surface area contributed by atoms with Crippen molar-refractivity contribution in [3.05, 3.63) is 59.2 Å². The normalized spacial score (nSPS) is 9.90. The number of nitrogens with one attached hydrogen (secondary N) is 1. The lowest BCUT2D eigenvalue weighted by atomic mass is 10.3. The van der Waals surface area contributed by atoms with Gasteiger partial charge < -0.3 is 10.1 Å². The van der Waals surface area contributed by atoms with Gasteiger partial charge in [-0.3, -0.25) is 4.79 Å². The van der Waals surface area contributed by atoms with Gasteiger partial charge >= 0.3 is 0 Å². The Morgan fingerprint density at radius 2 is 2.15 bits per heavy atom. The monoisotopic (exact) mass is 308 g/mol. The number of rotatable bonds is 4. The number of hydrogen-bond acceptors (Lipinski definition) is 3. The molecule has 4 nitrogen and oxygen atoms in total. The summed E-state index contributed by atoms with van der Waals surface area (Å²) in [5, 5.41) is 3.45. The second-order valence-corrected chi connectivity index (χ2v) is 4.57. The number of nitrogens with zero attached hydrogens (tertiary/aromatic N) is 1. The number of hydrogen-bond donors (Lipinski definition) is 1. The molecule has 6 heteroatoms. The summed E-state index contributed by atoms with van der Waals surface area (Å²) in [6.07, 6.45) is 2.70. The van der Waals surface area contributed by atoms with Crippen LogP contribution in [0.3, 0.4) is 0 Å². The van der Waals surface area contributed by atoms with Gasteiger partial charge in [0.2, 0.25) is 11.8 Å². The summed E-state index contributed by atoms with van der Waals surface area (Å²) >= 11 is 11.8. The zero-order chi connectivity index (χ0) is 14.5. The summed E-state index contributed by atoms with van der Waals surface area (Å²) in [6.45, 7) is 3.39. The third-order valence-corrected chi connectivity index (χ3v) is 2.85. The van der Waals surface area contributed by atoms with Crippen molar-refractivity contribution >= 4 is 34.8 Å². The molecule has 20 heavy (non-hydrogen) atoms. The maximum Gasteiger partial charge on any atom is 0.247 e. The Hall–Kier alpha value is -2.04. The van der Waals surface area contributed by atoms with Crippen LogP contribution in [0.1, 0.15) is 0 Å². The van der Waals surface area contributed by atoms with Crippen molar-refractivity contribution in [1.29, 1.82) is 0 Å². The molecule has 1 amide bonds. The number of pyridine rings is 1. The molecule has 0 atom stereocenters. The fraction of sp³-hybridized carbons (Fsp3) is 0. The molecule has 2 aromatic rings. The van der Waals surface area contributed by atoms with Crippen molar-refractivity contribution < 1.29 is 9.53 Å². The Kier molecular flexibility index (Phi) is 4.61. The fourth-order valence-electron chi connectivity index (χ4n) is 1.41. The molecule has 1 N–H and O–H groups in total. The van der Waals surface area contributed by atoms with E-state index in [1.54, 1.807) is 36.5 Å². The van der Waals surface area contributed by atoms with Crippen LogP contribution >= 0.6 is 23.2 Å². The summed E-state index contributed by atoms with van der Waals surface area (Å²) in [4.78, 5) is 15.4. The summed E-state index contributed by atoms with van der Waals surface area (Å²) in [5.74, 6) is 0.265. The van der Waals surface area contributed by atoms with Crippen LogP contribution in [0.15, 0.2) is 49.2 Å². The Labute approximate surface area is 126 Å². The van der Waals surface area contributed by atoms with Crippen molar-refractivity contribution in [3.8, 4) is 11.6 Å². The highest BCUT2D eigenvalue weighted by atomic mass is 35.5. The van der Waals surface area contributed by atoms with Gasteiger partial charge in [0.1, 0.15) is 11.4 Å². The number of carbonyl (C=O) groups is 1. The van der Waals surface area contributed by atoms with Gasteiger partial charge in [-0.05, 0) is 36.4 Å². The molecule has 0 fully saturated rings. The standard InChI is InChI=1S/C14H10Cl2N2O2/c1-2-13(19)18-11-4-3-7-17-14(11)20-12-6-5-9(15)8-10(12)16/h2-8H,1H2,(H,18,19). The van der Waals surface area contributed by atoms with Crippen molar-refractivity contribution in [1.82, 2.24) is 4.98 Å². The van der Waals surface area contributed by atoms with Crippen LogP contribution in [0, 0.1) is 0 Å². The maximum atomic E-state index is 11.3. The molecule has 0 aliphatic heterocycles. The number of amides is 1. The molecule has 0 unspecified atom stereocenters. The predicted molar refractivity (Wildman–Crippen MR) is 79.6 cm³/mol. The molecular formula is C14H10Cl2N2O2. The second kappa shape index (κ2) is 6.41. The molecule has 0 saturated heterocycles. The molecule has 0 aliphatic carbocycles. The van der Waals surface area contributed by atoms with E-state index in [0.717, 1.165) is 6.08 Å². The topological polar surface area (TPSA) is 51.2 Å². The lowest BCUT2D eigenvalue weighted by Gasteiger charge is -2.11. The Bertz CT molecular complexity index is 659. The van der Waals surface area contributed by atoms with Gasteiger partial charge in [-0.2, -0.15) is 0 Å². The van der Waals surface area contributed by atoms with Gasteiger partial charge in [0.15, 0.2) is 0 Å². The molecule has 1 aromatic heterocycles. The Morgan fingerprint density at radius 1 is 1.35 bits per heavy atom. The van der Waals surface area contributed by atoms with Crippen molar-refractivity contribution in [2.45, 2.75) is 0 Å². The largest absolute Gasteiger partial charge is 0.435 e. The van der Waals surface area contributed by atoms with E-state index in [1.807, 2.05) is 0 Å². The van der Waals surface area contributed by atoms with Crippen LogP contribution in [0.4, 0.5) is 5.69 Å². The molecule has 0 saturated carbocycles. The van der Waals surface area contributed by atoms with Crippen LogP contribution in [-0.4, -0.2) is 10.9 Å². The second-order valence-electron chi connectivity index (χ2n) is 3.73. The van der Waals surface area contributed by atoms with Crippen molar-refractivity contribution in [3.63, 3.8) is 0 Å². The predicted octanol–water partition coefficient (Wildman–Crippen LogP) is 4.31. The smallest absolute Gasteiger partial charge is 0.247 e. The SMILES string of the molecule is C=CC(=O)Nc1cccnc1Oc1ccc(Cl)cc1Cl. The fourth-order valence-corrected chi connectivity index (χ4v) is 1.86. The Balaban J connectivity index is 2.29. The number of carbonyl (C=O) groups excluding carboxylic acids is 1. The maximum absolute atomic E-state index is 11.3. The summed E-state index contributed by atoms with van der Waals surface area (Å²) in [7, 11) is 0.